The molecule has 3 heteroatoms. The van der Waals surface area contributed by atoms with Gasteiger partial charge in [0, 0.05) is 0 Å². The summed E-state index contributed by atoms with van der Waals surface area (Å²) in [6.07, 6.45) is 4.64. The van der Waals surface area contributed by atoms with E-state index in [4.69, 9.17) is 0 Å². The molecule has 1 atom stereocenters. The van der Waals surface area contributed by atoms with Crippen LogP contribution in [0.15, 0.2) is 60.7 Å². The van der Waals surface area contributed by atoms with E-state index in [9.17, 15) is 0 Å². The molecule has 0 saturated carbocycles. The maximum Gasteiger partial charge on any atom is 1.00 e. The summed E-state index contributed by atoms with van der Waals surface area (Å²) in [6.45, 7) is 2.26. The van der Waals surface area contributed by atoms with Crippen molar-refractivity contribution in [2.45, 2.75) is 25.7 Å². The molecule has 0 amide bonds. The van der Waals surface area contributed by atoms with E-state index in [2.05, 4.69) is 74.0 Å². The minimum absolute atomic E-state index is 0. The fourth-order valence-corrected chi connectivity index (χ4v) is 2.13. The molecule has 0 saturated heterocycles. The van der Waals surface area contributed by atoms with Crippen LogP contribution in [-0.4, -0.2) is 0 Å². The molecule has 0 N–H and O–H groups in total. The Hall–Kier alpha value is -0.205. The summed E-state index contributed by atoms with van der Waals surface area (Å²) in [6, 6.07) is 21.4. The first-order chi connectivity index (χ1) is 8.40. The molecule has 2 rings (SSSR count). The van der Waals surface area contributed by atoms with Crippen LogP contribution in [-0.2, 0) is 0 Å². The Bertz CT molecular complexity index is 431. The van der Waals surface area contributed by atoms with Crippen LogP contribution < -0.4 is 50.1 Å². The maximum atomic E-state index is 2.33. The van der Waals surface area contributed by atoms with E-state index < -0.39 is 0 Å². The average Bonchev–Trinajstić information content (AvgIpc) is 2.42. The van der Waals surface area contributed by atoms with E-state index >= 15 is 0 Å². The monoisotopic (exact) mass is 272 g/mol. The van der Waals surface area contributed by atoms with E-state index in [1.54, 1.807) is 0 Å². The minimum Gasteiger partial charge on any atom is -1.00 e. The van der Waals surface area contributed by atoms with Crippen molar-refractivity contribution in [3.8, 4) is 0 Å². The van der Waals surface area contributed by atoms with Crippen LogP contribution in [0.5, 0.6) is 0 Å². The van der Waals surface area contributed by atoms with Gasteiger partial charge >= 0.3 is 37.7 Å². The third-order valence-corrected chi connectivity index (χ3v) is 3.20. The zero-order valence-corrected chi connectivity index (χ0v) is 13.5. The van der Waals surface area contributed by atoms with Gasteiger partial charge in [0.05, 0.1) is 0 Å². The zero-order chi connectivity index (χ0) is 11.9. The van der Waals surface area contributed by atoms with Gasteiger partial charge in [-0.2, -0.15) is 24.1 Å². The normalized spacial score (nSPS) is 10.2. The molecule has 2 aromatic rings. The smallest absolute Gasteiger partial charge is 1.00 e. The molecular weight excluding hydrogens is 254 g/mol. The number of hydrogen-bond acceptors (Lipinski definition) is 0. The summed E-state index contributed by atoms with van der Waals surface area (Å²) in [7, 11) is 0. The summed E-state index contributed by atoms with van der Waals surface area (Å²) >= 11 is 0. The quantitative estimate of drug-likeness (QED) is 0.383. The summed E-state index contributed by atoms with van der Waals surface area (Å²) in [4.78, 5) is 0. The summed E-state index contributed by atoms with van der Waals surface area (Å²) in [5.74, 6) is 0.636. The SMILES string of the molecule is CCC(C[CH-]c1ccccc1)c1ccccc1.[Cl-].[Li+].[Li+]. The van der Waals surface area contributed by atoms with E-state index in [0.29, 0.717) is 5.92 Å². The number of hydrogen-bond donors (Lipinski definition) is 0. The van der Waals surface area contributed by atoms with Crippen molar-refractivity contribution in [2.24, 2.45) is 0 Å². The Kier molecular flexibility index (Phi) is 13.8. The second-order valence-corrected chi connectivity index (χ2v) is 4.37. The summed E-state index contributed by atoms with van der Waals surface area (Å²) < 4.78 is 0. The fraction of sp³-hybridized carbons (Fsp3) is 0.235. The van der Waals surface area contributed by atoms with Crippen molar-refractivity contribution in [3.63, 3.8) is 0 Å². The predicted molar refractivity (Wildman–Crippen MR) is 73.9 cm³/mol. The van der Waals surface area contributed by atoms with Crippen LogP contribution in [0.2, 0.25) is 0 Å². The van der Waals surface area contributed by atoms with Crippen LogP contribution in [0.3, 0.4) is 0 Å². The molecule has 96 valence electrons. The third kappa shape index (κ3) is 6.99. The van der Waals surface area contributed by atoms with Crippen molar-refractivity contribution >= 4 is 0 Å². The van der Waals surface area contributed by atoms with Crippen molar-refractivity contribution < 1.29 is 50.1 Å². The second-order valence-electron chi connectivity index (χ2n) is 4.37. The van der Waals surface area contributed by atoms with E-state index in [-0.39, 0.29) is 50.1 Å². The topological polar surface area (TPSA) is 0 Å². The Balaban J connectivity index is 0. The Morgan fingerprint density at radius 1 is 0.850 bits per heavy atom. The molecule has 0 aliphatic rings. The van der Waals surface area contributed by atoms with E-state index in [0.717, 1.165) is 6.42 Å². The van der Waals surface area contributed by atoms with Crippen LogP contribution in [0.4, 0.5) is 0 Å². The van der Waals surface area contributed by atoms with Crippen LogP contribution >= 0.6 is 0 Å². The first-order valence-electron chi connectivity index (χ1n) is 6.33. The van der Waals surface area contributed by atoms with Gasteiger partial charge in [0.2, 0.25) is 0 Å². The van der Waals surface area contributed by atoms with Gasteiger partial charge in [-0.1, -0.05) is 49.7 Å². The van der Waals surface area contributed by atoms with E-state index in [1.165, 1.54) is 17.5 Å². The van der Waals surface area contributed by atoms with Crippen molar-refractivity contribution in [3.05, 3.63) is 78.2 Å². The standard InChI is InChI=1S/C17H19.ClH.2Li/c1-2-16(17-11-7-4-8-12-17)14-13-15-9-5-3-6-10-15;;;/h3-13,16H,2,14H2,1H3;1H;;/q-1;;2*+1/p-1. The van der Waals surface area contributed by atoms with Crippen molar-refractivity contribution in [1.29, 1.82) is 0 Å². The number of benzene rings is 2. The molecule has 0 bridgehead atoms. The average molecular weight is 273 g/mol. The van der Waals surface area contributed by atoms with Gasteiger partial charge in [0.25, 0.3) is 0 Å². The Labute approximate surface area is 153 Å². The molecule has 0 nitrogen and oxygen atoms in total. The molecular formula is C17H19ClLi2. The van der Waals surface area contributed by atoms with Gasteiger partial charge < -0.3 is 12.4 Å². The molecule has 0 aliphatic carbocycles. The molecule has 0 heterocycles. The van der Waals surface area contributed by atoms with Crippen molar-refractivity contribution in [2.75, 3.05) is 0 Å². The molecule has 0 spiro atoms. The third-order valence-electron chi connectivity index (χ3n) is 3.20. The minimum atomic E-state index is 0. The first-order valence-corrected chi connectivity index (χ1v) is 6.33. The Morgan fingerprint density at radius 2 is 1.35 bits per heavy atom. The van der Waals surface area contributed by atoms with Gasteiger partial charge in [-0.3, -0.25) is 0 Å². The number of rotatable bonds is 5. The molecule has 0 radical (unpaired) electrons. The predicted octanol–water partition coefficient (Wildman–Crippen LogP) is -4.17. The van der Waals surface area contributed by atoms with Crippen LogP contribution in [0, 0.1) is 6.42 Å². The van der Waals surface area contributed by atoms with Gasteiger partial charge in [-0.15, -0.1) is 12.1 Å². The van der Waals surface area contributed by atoms with Gasteiger partial charge in [-0.25, -0.2) is 0 Å². The van der Waals surface area contributed by atoms with Gasteiger partial charge in [-0.05, 0) is 17.9 Å². The largest absolute Gasteiger partial charge is 1.00 e. The molecule has 0 aromatic heterocycles. The van der Waals surface area contributed by atoms with Crippen LogP contribution in [0.25, 0.3) is 0 Å². The van der Waals surface area contributed by atoms with E-state index in [1.807, 2.05) is 0 Å². The van der Waals surface area contributed by atoms with Gasteiger partial charge in [0.1, 0.15) is 0 Å². The zero-order valence-electron chi connectivity index (χ0n) is 12.7. The molecule has 0 fully saturated rings. The second kappa shape index (κ2) is 12.5. The van der Waals surface area contributed by atoms with Crippen molar-refractivity contribution in [1.82, 2.24) is 0 Å². The van der Waals surface area contributed by atoms with Crippen LogP contribution in [0.1, 0.15) is 36.8 Å². The first kappa shape index (κ1) is 22.1. The molecule has 1 unspecified atom stereocenters. The summed E-state index contributed by atoms with van der Waals surface area (Å²) in [5.41, 5.74) is 2.77. The molecule has 20 heavy (non-hydrogen) atoms. The Morgan fingerprint density at radius 3 is 1.85 bits per heavy atom. The number of halogens is 1. The molecule has 0 aliphatic heterocycles. The van der Waals surface area contributed by atoms with Gasteiger partial charge in [0.15, 0.2) is 0 Å². The summed E-state index contributed by atoms with van der Waals surface area (Å²) in [5, 5.41) is 0. The maximum absolute atomic E-state index is 2.33. The fourth-order valence-electron chi connectivity index (χ4n) is 2.13. The molecule has 2 aromatic carbocycles.